The molecule has 8 nitrogen and oxygen atoms in total. The molecule has 30 heavy (non-hydrogen) atoms. The van der Waals surface area contributed by atoms with Gasteiger partial charge in [0.2, 0.25) is 23.6 Å². The molecule has 1 aromatic heterocycles. The molecule has 0 spiro atoms. The van der Waals surface area contributed by atoms with Crippen molar-refractivity contribution < 1.29 is 14.0 Å². The van der Waals surface area contributed by atoms with E-state index in [0.717, 1.165) is 25.8 Å². The molecule has 1 saturated heterocycles. The van der Waals surface area contributed by atoms with E-state index < -0.39 is 0 Å². The van der Waals surface area contributed by atoms with E-state index in [1.54, 1.807) is 13.0 Å². The quantitative estimate of drug-likeness (QED) is 0.688. The average molecular weight is 434 g/mol. The molecule has 1 aromatic carbocycles. The highest BCUT2D eigenvalue weighted by Gasteiger charge is 2.23. The van der Waals surface area contributed by atoms with Crippen molar-refractivity contribution in [3.8, 4) is 11.5 Å². The molecule has 1 aliphatic heterocycles. The Morgan fingerprint density at radius 3 is 2.67 bits per heavy atom. The van der Waals surface area contributed by atoms with Gasteiger partial charge in [-0.25, -0.2) is 0 Å². The number of nitrogens with zero attached hydrogens (tertiary/aromatic N) is 4. The zero-order chi connectivity index (χ0) is 21.5. The van der Waals surface area contributed by atoms with Crippen LogP contribution < -0.4 is 5.32 Å². The maximum atomic E-state index is 12.6. The fraction of sp³-hybridized carbons (Fsp3) is 0.524. The monoisotopic (exact) mass is 433 g/mol. The molecule has 1 fully saturated rings. The van der Waals surface area contributed by atoms with Crippen molar-refractivity contribution in [3.63, 3.8) is 0 Å². The summed E-state index contributed by atoms with van der Waals surface area (Å²) in [5.74, 6) is 0.870. The molecule has 1 N–H and O–H groups in total. The summed E-state index contributed by atoms with van der Waals surface area (Å²) in [7, 11) is 0. The third kappa shape index (κ3) is 6.03. The van der Waals surface area contributed by atoms with Crippen LogP contribution in [-0.2, 0) is 16.1 Å². The lowest BCUT2D eigenvalue weighted by atomic mass is 10.1. The minimum absolute atomic E-state index is 0.0319. The summed E-state index contributed by atoms with van der Waals surface area (Å²) in [5, 5.41) is 11.8. The number of hydrogen-bond acceptors (Lipinski definition) is 6. The van der Waals surface area contributed by atoms with Crippen LogP contribution in [0.4, 0.5) is 0 Å². The minimum Gasteiger partial charge on any atom is -0.419 e. The first kappa shape index (κ1) is 22.2. The largest absolute Gasteiger partial charge is 0.419 e. The summed E-state index contributed by atoms with van der Waals surface area (Å²) in [4.78, 5) is 27.8. The fourth-order valence-electron chi connectivity index (χ4n) is 3.60. The van der Waals surface area contributed by atoms with Gasteiger partial charge in [0.05, 0.1) is 23.7 Å². The van der Waals surface area contributed by atoms with E-state index in [9.17, 15) is 9.59 Å². The van der Waals surface area contributed by atoms with Gasteiger partial charge in [-0.1, -0.05) is 30.7 Å². The molecular formula is C21H28ClN5O3. The smallest absolute Gasteiger partial charge is 0.249 e. The second kappa shape index (κ2) is 10.5. The van der Waals surface area contributed by atoms with E-state index in [4.69, 9.17) is 16.0 Å². The molecule has 9 heteroatoms. The first-order chi connectivity index (χ1) is 14.5. The highest BCUT2D eigenvalue weighted by atomic mass is 35.5. The molecular weight excluding hydrogens is 406 g/mol. The Labute approximate surface area is 181 Å². The molecule has 2 aromatic rings. The van der Waals surface area contributed by atoms with Gasteiger partial charge in [-0.15, -0.1) is 10.2 Å². The number of carbonyl (C=O) groups excluding carboxylic acids is 2. The van der Waals surface area contributed by atoms with Gasteiger partial charge >= 0.3 is 0 Å². The van der Waals surface area contributed by atoms with Crippen LogP contribution >= 0.6 is 11.6 Å². The number of amides is 2. The van der Waals surface area contributed by atoms with Crippen molar-refractivity contribution in [2.24, 2.45) is 0 Å². The van der Waals surface area contributed by atoms with Gasteiger partial charge in [-0.2, -0.15) is 0 Å². The highest BCUT2D eigenvalue weighted by Crippen LogP contribution is 2.26. The number of carbonyl (C=O) groups is 2. The standard InChI is InChI=1S/C21H28ClN5O3/c1-3-10-26(13-19(29)23-16-8-11-27(12-9-16)15(2)28)14-20-24-25-21(30-20)17-6-4-5-7-18(17)22/h4-7,16H,3,8-14H2,1-2H3,(H,23,29). The van der Waals surface area contributed by atoms with Crippen LogP contribution in [0.2, 0.25) is 5.02 Å². The van der Waals surface area contributed by atoms with E-state index in [1.165, 1.54) is 0 Å². The van der Waals surface area contributed by atoms with E-state index in [2.05, 4.69) is 22.4 Å². The van der Waals surface area contributed by atoms with Gasteiger partial charge in [0.15, 0.2) is 0 Å². The molecule has 3 rings (SSSR count). The summed E-state index contributed by atoms with van der Waals surface area (Å²) < 4.78 is 5.78. The van der Waals surface area contributed by atoms with Crippen molar-refractivity contribution in [1.82, 2.24) is 25.3 Å². The van der Waals surface area contributed by atoms with Gasteiger partial charge in [0.1, 0.15) is 0 Å². The van der Waals surface area contributed by atoms with Crippen molar-refractivity contribution in [2.75, 3.05) is 26.2 Å². The van der Waals surface area contributed by atoms with Crippen molar-refractivity contribution in [3.05, 3.63) is 35.2 Å². The van der Waals surface area contributed by atoms with Crippen molar-refractivity contribution in [1.29, 1.82) is 0 Å². The zero-order valence-corrected chi connectivity index (χ0v) is 18.2. The molecule has 0 bridgehead atoms. The third-order valence-electron chi connectivity index (χ3n) is 5.14. The van der Waals surface area contributed by atoms with Crippen LogP contribution in [0, 0.1) is 0 Å². The summed E-state index contributed by atoms with van der Waals surface area (Å²) in [5.41, 5.74) is 0.689. The van der Waals surface area contributed by atoms with Crippen LogP contribution in [-0.4, -0.2) is 64.0 Å². The van der Waals surface area contributed by atoms with E-state index >= 15 is 0 Å². The van der Waals surface area contributed by atoms with Gasteiger partial charge < -0.3 is 14.6 Å². The second-order valence-corrected chi connectivity index (χ2v) is 7.95. The Kier molecular flexibility index (Phi) is 7.81. The predicted molar refractivity (Wildman–Crippen MR) is 114 cm³/mol. The topological polar surface area (TPSA) is 91.6 Å². The first-order valence-electron chi connectivity index (χ1n) is 10.3. The van der Waals surface area contributed by atoms with E-state index in [-0.39, 0.29) is 24.4 Å². The van der Waals surface area contributed by atoms with E-state index in [1.807, 2.05) is 28.0 Å². The Hall–Kier alpha value is -2.45. The molecule has 162 valence electrons. The zero-order valence-electron chi connectivity index (χ0n) is 17.4. The minimum atomic E-state index is -0.0319. The maximum Gasteiger partial charge on any atom is 0.249 e. The average Bonchev–Trinajstić information content (AvgIpc) is 3.17. The molecule has 2 amide bonds. The maximum absolute atomic E-state index is 12.6. The molecule has 0 unspecified atom stereocenters. The number of hydrogen-bond donors (Lipinski definition) is 1. The Morgan fingerprint density at radius 1 is 1.27 bits per heavy atom. The molecule has 0 atom stereocenters. The number of halogens is 1. The predicted octanol–water partition coefficient (Wildman–Crippen LogP) is 2.73. The number of piperidine rings is 1. The Balaban J connectivity index is 1.54. The fourth-order valence-corrected chi connectivity index (χ4v) is 3.81. The van der Waals surface area contributed by atoms with Crippen LogP contribution in [0.1, 0.15) is 39.0 Å². The van der Waals surface area contributed by atoms with Crippen molar-refractivity contribution in [2.45, 2.75) is 45.7 Å². The lowest BCUT2D eigenvalue weighted by Gasteiger charge is -2.32. The molecule has 0 aliphatic carbocycles. The summed E-state index contributed by atoms with van der Waals surface area (Å²) in [6.07, 6.45) is 2.46. The third-order valence-corrected chi connectivity index (χ3v) is 5.47. The second-order valence-electron chi connectivity index (χ2n) is 7.54. The number of rotatable bonds is 8. The number of nitrogens with one attached hydrogen (secondary N) is 1. The van der Waals surface area contributed by atoms with Gasteiger partial charge in [0, 0.05) is 26.1 Å². The van der Waals surface area contributed by atoms with Gasteiger partial charge in [0.25, 0.3) is 0 Å². The highest BCUT2D eigenvalue weighted by molar-refractivity contribution is 6.33. The van der Waals surface area contributed by atoms with E-state index in [0.29, 0.717) is 42.0 Å². The van der Waals surface area contributed by atoms with Crippen LogP contribution in [0.25, 0.3) is 11.5 Å². The molecule has 0 saturated carbocycles. The van der Waals surface area contributed by atoms with Gasteiger partial charge in [-0.3, -0.25) is 14.5 Å². The van der Waals surface area contributed by atoms with Crippen molar-refractivity contribution >= 4 is 23.4 Å². The normalized spacial score (nSPS) is 14.9. The van der Waals surface area contributed by atoms with Crippen LogP contribution in [0.5, 0.6) is 0 Å². The van der Waals surface area contributed by atoms with Crippen LogP contribution in [0.3, 0.4) is 0 Å². The molecule has 2 heterocycles. The summed E-state index contributed by atoms with van der Waals surface area (Å²) >= 11 is 6.20. The molecule has 1 aliphatic rings. The molecule has 0 radical (unpaired) electrons. The first-order valence-corrected chi connectivity index (χ1v) is 10.7. The lowest BCUT2D eigenvalue weighted by Crippen LogP contribution is -2.48. The van der Waals surface area contributed by atoms with Crippen LogP contribution in [0.15, 0.2) is 28.7 Å². The summed E-state index contributed by atoms with van der Waals surface area (Å²) in [6.45, 7) is 6.39. The number of likely N-dealkylation sites (tertiary alicyclic amines) is 1. The Bertz CT molecular complexity index is 864. The Morgan fingerprint density at radius 2 is 2.00 bits per heavy atom. The summed E-state index contributed by atoms with van der Waals surface area (Å²) in [6, 6.07) is 7.41. The number of benzene rings is 1. The SMILES string of the molecule is CCCN(CC(=O)NC1CCN(C(C)=O)CC1)Cc1nnc(-c2ccccc2Cl)o1. The lowest BCUT2D eigenvalue weighted by molar-refractivity contribution is -0.130. The van der Waals surface area contributed by atoms with Gasteiger partial charge in [-0.05, 0) is 37.9 Å². The number of aromatic nitrogens is 2.